The van der Waals surface area contributed by atoms with Gasteiger partial charge in [-0.25, -0.2) is 4.67 Å². The van der Waals surface area contributed by atoms with E-state index in [1.165, 1.54) is 0 Å². The summed E-state index contributed by atoms with van der Waals surface area (Å²) in [5, 5.41) is 3.23. The summed E-state index contributed by atoms with van der Waals surface area (Å²) in [5.74, 6) is 0. The Labute approximate surface area is 86.5 Å². The van der Waals surface area contributed by atoms with Gasteiger partial charge in [-0.3, -0.25) is 4.57 Å². The molecule has 1 aliphatic rings. The lowest BCUT2D eigenvalue weighted by molar-refractivity contribution is -0.0196. The zero-order chi connectivity index (χ0) is 10.6. The molecule has 1 fully saturated rings. The van der Waals surface area contributed by atoms with Gasteiger partial charge in [-0.05, 0) is 14.1 Å². The Morgan fingerprint density at radius 2 is 2.36 bits per heavy atom. The average molecular weight is 220 g/mol. The third-order valence-electron chi connectivity index (χ3n) is 1.99. The number of hydrogen-bond donors (Lipinski definition) is 1. The van der Waals surface area contributed by atoms with Gasteiger partial charge in [0.05, 0.1) is 12.7 Å². The molecule has 0 aliphatic carbocycles. The minimum absolute atomic E-state index is 0.0210. The zero-order valence-corrected chi connectivity index (χ0v) is 9.95. The van der Waals surface area contributed by atoms with Crippen LogP contribution in [0.3, 0.4) is 0 Å². The molecule has 0 amide bonds. The van der Waals surface area contributed by atoms with Crippen LogP contribution in [0.1, 0.15) is 0 Å². The molecule has 3 unspecified atom stereocenters. The lowest BCUT2D eigenvalue weighted by atomic mass is 9.98. The highest BCUT2D eigenvalue weighted by molar-refractivity contribution is 7.36. The number of morpholine rings is 1. The van der Waals surface area contributed by atoms with Crippen LogP contribution in [0.15, 0.2) is 0 Å². The summed E-state index contributed by atoms with van der Waals surface area (Å²) in [5.41, 5.74) is 0. The number of rotatable bonds is 4. The number of nitrogens with one attached hydrogen (secondary N) is 1. The van der Waals surface area contributed by atoms with Crippen LogP contribution in [-0.4, -0.2) is 58.4 Å². The minimum atomic E-state index is -2.05. The summed E-state index contributed by atoms with van der Waals surface area (Å²) in [6, 6.07) is 0.207. The van der Waals surface area contributed by atoms with Gasteiger partial charge in [-0.15, -0.1) is 0 Å². The summed E-state index contributed by atoms with van der Waals surface area (Å²) in [6.45, 7) is 2.04. The van der Waals surface area contributed by atoms with Gasteiger partial charge in [0.15, 0.2) is 0 Å². The predicted octanol–water partition coefficient (Wildman–Crippen LogP) is -1.10. The molecule has 0 aromatic carbocycles. The van der Waals surface area contributed by atoms with Crippen LogP contribution in [-0.2, 0) is 13.8 Å². The van der Waals surface area contributed by atoms with E-state index in [1.54, 1.807) is 18.8 Å². The van der Waals surface area contributed by atoms with Crippen molar-refractivity contribution >= 4 is 16.0 Å². The van der Waals surface area contributed by atoms with E-state index in [9.17, 15) is 4.57 Å². The molecule has 0 aromatic rings. The number of ether oxygens (including phenoxy) is 1. The van der Waals surface area contributed by atoms with Crippen molar-refractivity contribution in [2.75, 3.05) is 33.8 Å². The molecule has 1 rings (SSSR count). The van der Waals surface area contributed by atoms with Crippen molar-refractivity contribution in [3.05, 3.63) is 0 Å². The maximum atomic E-state index is 11.3. The van der Waals surface area contributed by atoms with E-state index in [0.29, 0.717) is 6.61 Å². The summed E-state index contributed by atoms with van der Waals surface area (Å²) >= 11 is 0. The predicted molar refractivity (Wildman–Crippen MR) is 58.7 cm³/mol. The maximum absolute atomic E-state index is 11.3. The first-order valence-corrected chi connectivity index (χ1v) is 6.06. The van der Waals surface area contributed by atoms with E-state index in [2.05, 4.69) is 5.32 Å². The van der Waals surface area contributed by atoms with Crippen molar-refractivity contribution in [3.63, 3.8) is 0 Å². The molecule has 0 spiro atoms. The molecular formula is C7H18BN2O3P. The average Bonchev–Trinajstić information content (AvgIpc) is 2.14. The molecule has 7 heteroatoms. The van der Waals surface area contributed by atoms with Gasteiger partial charge in [-0.2, -0.15) is 0 Å². The van der Waals surface area contributed by atoms with Gasteiger partial charge in [-0.1, -0.05) is 0 Å². The highest BCUT2D eigenvalue weighted by Gasteiger charge is 2.19. The van der Waals surface area contributed by atoms with Gasteiger partial charge < -0.3 is 14.6 Å². The van der Waals surface area contributed by atoms with E-state index in [-0.39, 0.29) is 12.1 Å². The van der Waals surface area contributed by atoms with Crippen LogP contribution < -0.4 is 5.32 Å². The van der Waals surface area contributed by atoms with E-state index >= 15 is 0 Å². The molecule has 14 heavy (non-hydrogen) atoms. The van der Waals surface area contributed by atoms with Crippen LogP contribution >= 0.6 is 8.18 Å². The molecule has 1 saturated heterocycles. The highest BCUT2D eigenvalue weighted by atomic mass is 31.1. The summed E-state index contributed by atoms with van der Waals surface area (Å²) in [4.78, 5) is 0. The monoisotopic (exact) mass is 220 g/mol. The van der Waals surface area contributed by atoms with Crippen LogP contribution in [0.5, 0.6) is 0 Å². The first kappa shape index (κ1) is 12.2. The van der Waals surface area contributed by atoms with Crippen molar-refractivity contribution in [2.24, 2.45) is 0 Å². The molecule has 0 aromatic heterocycles. The molecule has 0 bridgehead atoms. The van der Waals surface area contributed by atoms with Gasteiger partial charge in [0.25, 0.3) is 8.18 Å². The van der Waals surface area contributed by atoms with Crippen LogP contribution in [0, 0.1) is 0 Å². The lowest BCUT2D eigenvalue weighted by Crippen LogP contribution is -2.46. The van der Waals surface area contributed by atoms with Crippen LogP contribution in [0.2, 0.25) is 0 Å². The van der Waals surface area contributed by atoms with Crippen molar-refractivity contribution in [3.8, 4) is 0 Å². The fourth-order valence-corrected chi connectivity index (χ4v) is 1.85. The third-order valence-corrected chi connectivity index (χ3v) is 3.13. The molecule has 3 atom stereocenters. The van der Waals surface area contributed by atoms with Gasteiger partial charge in [0, 0.05) is 19.1 Å². The van der Waals surface area contributed by atoms with Crippen molar-refractivity contribution in [2.45, 2.75) is 12.1 Å². The Hall–Kier alpha value is 0.135. The highest BCUT2D eigenvalue weighted by Crippen LogP contribution is 2.24. The quantitative estimate of drug-likeness (QED) is 0.481. The van der Waals surface area contributed by atoms with Gasteiger partial charge in [0.1, 0.15) is 7.85 Å². The fraction of sp³-hybridized carbons (Fsp3) is 1.00. The molecule has 1 heterocycles. The molecular weight excluding hydrogens is 202 g/mol. The van der Waals surface area contributed by atoms with E-state index in [0.717, 1.165) is 13.1 Å². The first-order valence-electron chi connectivity index (χ1n) is 4.80. The Kier molecular flexibility index (Phi) is 5.13. The summed E-state index contributed by atoms with van der Waals surface area (Å²) < 4.78 is 23.7. The first-order chi connectivity index (χ1) is 6.59. The van der Waals surface area contributed by atoms with Crippen molar-refractivity contribution in [1.82, 2.24) is 9.99 Å². The SMILES string of the molecule is BC1CNCC(CO[PH](=O)N(C)C)O1. The van der Waals surface area contributed by atoms with E-state index in [1.807, 2.05) is 7.85 Å². The third kappa shape index (κ3) is 4.11. The van der Waals surface area contributed by atoms with E-state index in [4.69, 9.17) is 9.26 Å². The van der Waals surface area contributed by atoms with Crippen LogP contribution in [0.4, 0.5) is 0 Å². The Morgan fingerprint density at radius 3 is 2.93 bits per heavy atom. The Morgan fingerprint density at radius 1 is 1.64 bits per heavy atom. The second-order valence-electron chi connectivity index (χ2n) is 3.70. The molecule has 0 saturated carbocycles. The molecule has 82 valence electrons. The number of hydrogen-bond acceptors (Lipinski definition) is 4. The van der Waals surface area contributed by atoms with Gasteiger partial charge >= 0.3 is 0 Å². The smallest absolute Gasteiger partial charge is 0.260 e. The standard InChI is InChI=1S/C7H18BN2O3P/c1-10(2)14(11)12-5-6-3-9-4-7(8)13-6/h6-7,9,14H,3-5,8H2,1-2H3. The zero-order valence-electron chi connectivity index (χ0n) is 8.95. The molecule has 1 aliphatic heterocycles. The normalized spacial score (nSPS) is 30.5. The molecule has 5 nitrogen and oxygen atoms in total. The summed E-state index contributed by atoms with van der Waals surface area (Å²) in [6.07, 6.45) is 0.0210. The number of nitrogens with zero attached hydrogens (tertiary/aromatic N) is 1. The topological polar surface area (TPSA) is 50.8 Å². The Bertz CT molecular complexity index is 205. The van der Waals surface area contributed by atoms with Crippen molar-refractivity contribution < 1.29 is 13.8 Å². The Balaban J connectivity index is 2.20. The second-order valence-corrected chi connectivity index (χ2v) is 5.41. The molecule has 1 N–H and O–H groups in total. The fourth-order valence-electron chi connectivity index (χ4n) is 1.26. The summed E-state index contributed by atoms with van der Waals surface area (Å²) in [7, 11) is 3.44. The van der Waals surface area contributed by atoms with Crippen LogP contribution in [0.25, 0.3) is 0 Å². The molecule has 0 radical (unpaired) electrons. The largest absolute Gasteiger partial charge is 0.379 e. The maximum Gasteiger partial charge on any atom is 0.260 e. The minimum Gasteiger partial charge on any atom is -0.379 e. The van der Waals surface area contributed by atoms with Crippen molar-refractivity contribution in [1.29, 1.82) is 0 Å². The van der Waals surface area contributed by atoms with E-state index < -0.39 is 8.18 Å². The lowest BCUT2D eigenvalue weighted by Gasteiger charge is -2.28. The second kappa shape index (κ2) is 5.88. The van der Waals surface area contributed by atoms with Gasteiger partial charge in [0.2, 0.25) is 0 Å².